The van der Waals surface area contributed by atoms with Crippen molar-refractivity contribution in [2.75, 3.05) is 12.4 Å². The summed E-state index contributed by atoms with van der Waals surface area (Å²) in [6, 6.07) is 10.4. The Morgan fingerprint density at radius 3 is 2.60 bits per heavy atom. The van der Waals surface area contributed by atoms with Crippen LogP contribution in [0, 0.1) is 5.82 Å². The molecule has 1 aliphatic rings. The van der Waals surface area contributed by atoms with Crippen molar-refractivity contribution < 1.29 is 23.8 Å². The van der Waals surface area contributed by atoms with E-state index in [1.807, 2.05) is 0 Å². The maximum absolute atomic E-state index is 13.3. The van der Waals surface area contributed by atoms with Crippen LogP contribution >= 0.6 is 0 Å². The normalized spacial score (nSPS) is 12.9. The van der Waals surface area contributed by atoms with E-state index >= 15 is 0 Å². The van der Waals surface area contributed by atoms with Crippen LogP contribution in [0.15, 0.2) is 42.5 Å². The van der Waals surface area contributed by atoms with E-state index in [1.165, 1.54) is 37.4 Å². The van der Waals surface area contributed by atoms with Gasteiger partial charge in [-0.3, -0.25) is 4.79 Å². The number of nitrogens with one attached hydrogen (secondary N) is 1. The molecule has 154 valence electrons. The number of fused-ring (bicyclic) bond motifs is 1. The van der Waals surface area contributed by atoms with E-state index in [-0.39, 0.29) is 28.5 Å². The highest BCUT2D eigenvalue weighted by atomic mass is 19.1. The third-order valence-electron chi connectivity index (χ3n) is 5.16. The standard InChI is InChI=1S/C22H20FN3O4/c1-30-22(29)16-6-4-7-17(20(16)27)24-21(28)19-15-5-2-3-8-18(15)26(25-19)14-11-9-13(23)10-12-14/h4,6-7,9-12,27H,2-3,5,8H2,1H3,(H,24,28). The third-order valence-corrected chi connectivity index (χ3v) is 5.16. The number of halogens is 1. The second-order valence-electron chi connectivity index (χ2n) is 7.02. The molecule has 0 saturated heterocycles. The van der Waals surface area contributed by atoms with Gasteiger partial charge in [0, 0.05) is 11.3 Å². The van der Waals surface area contributed by atoms with Gasteiger partial charge in [0.05, 0.1) is 18.5 Å². The highest BCUT2D eigenvalue weighted by molar-refractivity contribution is 6.06. The number of phenols is 1. The lowest BCUT2D eigenvalue weighted by Crippen LogP contribution is -2.16. The summed E-state index contributed by atoms with van der Waals surface area (Å²) in [5.41, 5.74) is 2.72. The fourth-order valence-corrected chi connectivity index (χ4v) is 3.68. The predicted molar refractivity (Wildman–Crippen MR) is 108 cm³/mol. The number of esters is 1. The van der Waals surface area contributed by atoms with Gasteiger partial charge in [0.15, 0.2) is 11.4 Å². The Kier molecular flexibility index (Phi) is 5.22. The van der Waals surface area contributed by atoms with Crippen molar-refractivity contribution in [2.45, 2.75) is 25.7 Å². The molecule has 1 amide bonds. The quantitative estimate of drug-likeness (QED) is 0.507. The molecule has 0 aliphatic heterocycles. The van der Waals surface area contributed by atoms with Gasteiger partial charge in [0.2, 0.25) is 0 Å². The van der Waals surface area contributed by atoms with Gasteiger partial charge in [0.25, 0.3) is 5.91 Å². The molecule has 0 radical (unpaired) electrons. The zero-order valence-corrected chi connectivity index (χ0v) is 16.3. The number of phenolic OH excluding ortho intramolecular Hbond substituents is 1. The van der Waals surface area contributed by atoms with Gasteiger partial charge in [-0.05, 0) is 62.1 Å². The number of aromatic hydroxyl groups is 1. The lowest BCUT2D eigenvalue weighted by Gasteiger charge is -2.14. The molecular weight excluding hydrogens is 389 g/mol. The first-order valence-corrected chi connectivity index (χ1v) is 9.58. The summed E-state index contributed by atoms with van der Waals surface area (Å²) in [6.45, 7) is 0. The highest BCUT2D eigenvalue weighted by Gasteiger charge is 2.26. The molecule has 3 aromatic rings. The average molecular weight is 409 g/mol. The molecule has 0 unspecified atom stereocenters. The number of para-hydroxylation sites is 1. The largest absolute Gasteiger partial charge is 0.505 e. The minimum absolute atomic E-state index is 0.0471. The number of methoxy groups -OCH3 is 1. The van der Waals surface area contributed by atoms with Crippen LogP contribution in [0.25, 0.3) is 5.69 Å². The van der Waals surface area contributed by atoms with Crippen molar-refractivity contribution >= 4 is 17.6 Å². The van der Waals surface area contributed by atoms with Gasteiger partial charge >= 0.3 is 5.97 Å². The first-order valence-electron chi connectivity index (χ1n) is 9.58. The zero-order chi connectivity index (χ0) is 21.3. The number of ether oxygens (including phenoxy) is 1. The molecule has 0 spiro atoms. The first-order chi connectivity index (χ1) is 14.5. The molecule has 8 heteroatoms. The van der Waals surface area contributed by atoms with Gasteiger partial charge in [-0.25, -0.2) is 13.9 Å². The molecule has 0 fully saturated rings. The lowest BCUT2D eigenvalue weighted by molar-refractivity contribution is 0.0597. The van der Waals surface area contributed by atoms with Gasteiger partial charge < -0.3 is 15.2 Å². The van der Waals surface area contributed by atoms with Crippen LogP contribution in [-0.2, 0) is 17.6 Å². The molecule has 4 rings (SSSR count). The van der Waals surface area contributed by atoms with E-state index in [0.717, 1.165) is 30.5 Å². The van der Waals surface area contributed by atoms with E-state index in [1.54, 1.807) is 16.8 Å². The summed E-state index contributed by atoms with van der Waals surface area (Å²) in [6.07, 6.45) is 3.37. The number of anilines is 1. The minimum atomic E-state index is -0.707. The number of amides is 1. The molecule has 2 aromatic carbocycles. The Morgan fingerprint density at radius 1 is 1.13 bits per heavy atom. The maximum atomic E-state index is 13.3. The summed E-state index contributed by atoms with van der Waals surface area (Å²) in [5.74, 6) is -1.92. The zero-order valence-electron chi connectivity index (χ0n) is 16.3. The highest BCUT2D eigenvalue weighted by Crippen LogP contribution is 2.31. The number of hydrogen-bond donors (Lipinski definition) is 2. The number of carbonyl (C=O) groups excluding carboxylic acids is 2. The molecule has 2 N–H and O–H groups in total. The first kappa shape index (κ1) is 19.6. The van der Waals surface area contributed by atoms with Crippen molar-refractivity contribution in [3.05, 3.63) is 70.8 Å². The lowest BCUT2D eigenvalue weighted by atomic mass is 9.95. The summed E-state index contributed by atoms with van der Waals surface area (Å²) in [5, 5.41) is 17.5. The Bertz CT molecular complexity index is 1120. The summed E-state index contributed by atoms with van der Waals surface area (Å²) < 4.78 is 19.6. The van der Waals surface area contributed by atoms with E-state index in [4.69, 9.17) is 0 Å². The maximum Gasteiger partial charge on any atom is 0.341 e. The topological polar surface area (TPSA) is 93.5 Å². The third kappa shape index (κ3) is 3.52. The smallest absolute Gasteiger partial charge is 0.341 e. The number of hydrogen-bond acceptors (Lipinski definition) is 5. The summed E-state index contributed by atoms with van der Waals surface area (Å²) in [7, 11) is 1.21. The van der Waals surface area contributed by atoms with Gasteiger partial charge in [-0.2, -0.15) is 5.10 Å². The van der Waals surface area contributed by atoms with Gasteiger partial charge in [-0.1, -0.05) is 6.07 Å². The van der Waals surface area contributed by atoms with Crippen molar-refractivity contribution in [2.24, 2.45) is 0 Å². The van der Waals surface area contributed by atoms with Crippen molar-refractivity contribution in [1.29, 1.82) is 0 Å². The second kappa shape index (κ2) is 7.98. The van der Waals surface area contributed by atoms with Crippen LogP contribution in [0.4, 0.5) is 10.1 Å². The van der Waals surface area contributed by atoms with Crippen molar-refractivity contribution in [1.82, 2.24) is 9.78 Å². The van der Waals surface area contributed by atoms with E-state index in [2.05, 4.69) is 15.2 Å². The number of benzene rings is 2. The summed E-state index contributed by atoms with van der Waals surface area (Å²) in [4.78, 5) is 24.8. The van der Waals surface area contributed by atoms with Crippen molar-refractivity contribution in [3.63, 3.8) is 0 Å². The average Bonchev–Trinajstić information content (AvgIpc) is 3.15. The number of nitrogens with zero attached hydrogens (tertiary/aromatic N) is 2. The van der Waals surface area contributed by atoms with Crippen LogP contribution in [0.3, 0.4) is 0 Å². The minimum Gasteiger partial charge on any atom is -0.505 e. The fraction of sp³-hybridized carbons (Fsp3) is 0.227. The molecule has 30 heavy (non-hydrogen) atoms. The number of carbonyl (C=O) groups is 2. The van der Waals surface area contributed by atoms with Crippen LogP contribution in [-0.4, -0.2) is 33.9 Å². The Labute approximate surface area is 172 Å². The molecular formula is C22H20FN3O4. The molecule has 0 atom stereocenters. The Morgan fingerprint density at radius 2 is 1.87 bits per heavy atom. The van der Waals surface area contributed by atoms with Gasteiger partial charge in [0.1, 0.15) is 11.4 Å². The molecule has 0 saturated carbocycles. The number of rotatable bonds is 4. The molecule has 1 heterocycles. The van der Waals surface area contributed by atoms with Crippen LogP contribution in [0.1, 0.15) is 44.9 Å². The Balaban J connectivity index is 1.70. The van der Waals surface area contributed by atoms with E-state index in [9.17, 15) is 19.1 Å². The van der Waals surface area contributed by atoms with E-state index in [0.29, 0.717) is 12.1 Å². The monoisotopic (exact) mass is 409 g/mol. The van der Waals surface area contributed by atoms with Gasteiger partial charge in [-0.15, -0.1) is 0 Å². The summed E-state index contributed by atoms with van der Waals surface area (Å²) >= 11 is 0. The van der Waals surface area contributed by atoms with Crippen LogP contribution in [0.5, 0.6) is 5.75 Å². The molecule has 7 nitrogen and oxygen atoms in total. The van der Waals surface area contributed by atoms with E-state index < -0.39 is 11.9 Å². The predicted octanol–water partition coefficient (Wildman–Crippen LogP) is 3.63. The second-order valence-corrected chi connectivity index (χ2v) is 7.02. The fourth-order valence-electron chi connectivity index (χ4n) is 3.68. The Hall–Kier alpha value is -3.68. The molecule has 1 aliphatic carbocycles. The molecule has 1 aromatic heterocycles. The SMILES string of the molecule is COC(=O)c1cccc(NC(=O)c2nn(-c3ccc(F)cc3)c3c2CCCC3)c1O. The van der Waals surface area contributed by atoms with Crippen LogP contribution < -0.4 is 5.32 Å². The van der Waals surface area contributed by atoms with Crippen LogP contribution in [0.2, 0.25) is 0 Å². The molecule has 0 bridgehead atoms. The van der Waals surface area contributed by atoms with Crippen molar-refractivity contribution in [3.8, 4) is 11.4 Å². The number of aromatic nitrogens is 2.